The molecule has 0 aliphatic heterocycles. The van der Waals surface area contributed by atoms with Crippen LogP contribution in [-0.4, -0.2) is 38.1 Å². The summed E-state index contributed by atoms with van der Waals surface area (Å²) in [5.41, 5.74) is 7.58. The van der Waals surface area contributed by atoms with E-state index in [9.17, 15) is 4.79 Å². The quantitative estimate of drug-likeness (QED) is 0.831. The van der Waals surface area contributed by atoms with Crippen LogP contribution in [0.25, 0.3) is 0 Å². The normalized spacial score (nSPS) is 12.1. The second-order valence-corrected chi connectivity index (χ2v) is 6.33. The average molecular weight is 346 g/mol. The summed E-state index contributed by atoms with van der Waals surface area (Å²) >= 11 is 5.10. The molecule has 4 nitrogen and oxygen atoms in total. The van der Waals surface area contributed by atoms with Crippen LogP contribution in [0, 0.1) is 0 Å². The van der Waals surface area contributed by atoms with E-state index in [-0.39, 0.29) is 5.91 Å². The van der Waals surface area contributed by atoms with Crippen molar-refractivity contribution in [2.24, 2.45) is 5.73 Å². The molecule has 0 aliphatic carbocycles. The Morgan fingerprint density at radius 3 is 2.79 bits per heavy atom. The van der Waals surface area contributed by atoms with Gasteiger partial charge in [0.25, 0.3) is 0 Å². The van der Waals surface area contributed by atoms with E-state index in [0.717, 1.165) is 21.6 Å². The van der Waals surface area contributed by atoms with Crippen molar-refractivity contribution >= 4 is 45.0 Å². The standard InChI is InChI=1S/C13H20BrN3OS/c1-17(2)12-5-4-9(14)8-11(12)16-13(18)10(15)6-7-19-3/h4-5,8,10H,6-7,15H2,1-3H3,(H,16,18)/t10-/m0/s1. The van der Waals surface area contributed by atoms with Gasteiger partial charge in [-0.25, -0.2) is 0 Å². The van der Waals surface area contributed by atoms with Crippen molar-refractivity contribution < 1.29 is 4.79 Å². The molecule has 0 aliphatic rings. The minimum Gasteiger partial charge on any atom is -0.376 e. The molecule has 1 aromatic carbocycles. The van der Waals surface area contributed by atoms with Gasteiger partial charge in [-0.2, -0.15) is 11.8 Å². The number of nitrogens with zero attached hydrogens (tertiary/aromatic N) is 1. The highest BCUT2D eigenvalue weighted by atomic mass is 79.9. The topological polar surface area (TPSA) is 58.4 Å². The van der Waals surface area contributed by atoms with Crippen LogP contribution in [0.2, 0.25) is 0 Å². The van der Waals surface area contributed by atoms with Crippen molar-refractivity contribution in [3.8, 4) is 0 Å². The molecule has 0 bridgehead atoms. The van der Waals surface area contributed by atoms with Gasteiger partial charge in [0, 0.05) is 18.6 Å². The maximum Gasteiger partial charge on any atom is 0.241 e. The number of hydrogen-bond acceptors (Lipinski definition) is 4. The van der Waals surface area contributed by atoms with Gasteiger partial charge in [-0.1, -0.05) is 15.9 Å². The second kappa shape index (κ2) is 7.77. The number of thioether (sulfide) groups is 1. The zero-order chi connectivity index (χ0) is 14.4. The molecule has 19 heavy (non-hydrogen) atoms. The third-order valence-corrected chi connectivity index (χ3v) is 3.81. The number of nitrogens with two attached hydrogens (primary N) is 1. The first-order chi connectivity index (χ1) is 8.95. The van der Waals surface area contributed by atoms with Crippen LogP contribution in [0.1, 0.15) is 6.42 Å². The third-order valence-electron chi connectivity index (χ3n) is 2.67. The summed E-state index contributed by atoms with van der Waals surface area (Å²) in [5, 5.41) is 2.90. The Hall–Kier alpha value is -0.720. The van der Waals surface area contributed by atoms with E-state index in [2.05, 4.69) is 21.2 Å². The summed E-state index contributed by atoms with van der Waals surface area (Å²) in [6.07, 6.45) is 2.68. The number of carbonyl (C=O) groups excluding carboxylic acids is 1. The van der Waals surface area contributed by atoms with E-state index < -0.39 is 6.04 Å². The molecular formula is C13H20BrN3OS. The third kappa shape index (κ3) is 5.04. The number of hydrogen-bond donors (Lipinski definition) is 2. The number of amides is 1. The smallest absolute Gasteiger partial charge is 0.241 e. The lowest BCUT2D eigenvalue weighted by molar-refractivity contribution is -0.117. The van der Waals surface area contributed by atoms with E-state index in [1.165, 1.54) is 0 Å². The van der Waals surface area contributed by atoms with Crippen LogP contribution >= 0.6 is 27.7 Å². The van der Waals surface area contributed by atoms with Crippen molar-refractivity contribution in [3.63, 3.8) is 0 Å². The highest BCUT2D eigenvalue weighted by molar-refractivity contribution is 9.10. The van der Waals surface area contributed by atoms with Gasteiger partial charge in [0.15, 0.2) is 0 Å². The lowest BCUT2D eigenvalue weighted by atomic mass is 10.2. The molecule has 6 heteroatoms. The van der Waals surface area contributed by atoms with Gasteiger partial charge in [-0.15, -0.1) is 0 Å². The summed E-state index contributed by atoms with van der Waals surface area (Å²) in [6.45, 7) is 0. The maximum atomic E-state index is 12.0. The molecule has 0 aromatic heterocycles. The molecule has 0 unspecified atom stereocenters. The zero-order valence-electron chi connectivity index (χ0n) is 11.4. The summed E-state index contributed by atoms with van der Waals surface area (Å²) in [4.78, 5) is 14.0. The van der Waals surface area contributed by atoms with Crippen molar-refractivity contribution in [2.75, 3.05) is 36.3 Å². The van der Waals surface area contributed by atoms with Crippen molar-refractivity contribution in [2.45, 2.75) is 12.5 Å². The Morgan fingerprint density at radius 2 is 2.21 bits per heavy atom. The van der Waals surface area contributed by atoms with Crippen molar-refractivity contribution in [1.82, 2.24) is 0 Å². The number of nitrogens with one attached hydrogen (secondary N) is 1. The lowest BCUT2D eigenvalue weighted by Gasteiger charge is -2.19. The maximum absolute atomic E-state index is 12.0. The van der Waals surface area contributed by atoms with E-state index in [1.54, 1.807) is 11.8 Å². The number of carbonyl (C=O) groups is 1. The van der Waals surface area contributed by atoms with Crippen molar-refractivity contribution in [3.05, 3.63) is 22.7 Å². The van der Waals surface area contributed by atoms with Gasteiger partial charge in [0.1, 0.15) is 0 Å². The van der Waals surface area contributed by atoms with Crippen LogP contribution in [0.3, 0.4) is 0 Å². The molecule has 1 rings (SSSR count). The fourth-order valence-electron chi connectivity index (χ4n) is 1.60. The van der Waals surface area contributed by atoms with Gasteiger partial charge in [-0.3, -0.25) is 4.79 Å². The Morgan fingerprint density at radius 1 is 1.53 bits per heavy atom. The van der Waals surface area contributed by atoms with Crippen molar-refractivity contribution in [1.29, 1.82) is 0 Å². The van der Waals surface area contributed by atoms with E-state index in [4.69, 9.17) is 5.73 Å². The highest BCUT2D eigenvalue weighted by Gasteiger charge is 2.15. The molecule has 0 saturated carbocycles. The summed E-state index contributed by atoms with van der Waals surface area (Å²) in [5.74, 6) is 0.739. The minimum atomic E-state index is -0.471. The van der Waals surface area contributed by atoms with E-state index in [0.29, 0.717) is 6.42 Å². The first-order valence-corrected chi connectivity index (χ1v) is 8.16. The van der Waals surface area contributed by atoms with Crippen LogP contribution in [-0.2, 0) is 4.79 Å². The van der Waals surface area contributed by atoms with Gasteiger partial charge in [0.2, 0.25) is 5.91 Å². The number of anilines is 2. The fraction of sp³-hybridized carbons (Fsp3) is 0.462. The molecule has 106 valence electrons. The Kier molecular flexibility index (Phi) is 6.68. The Balaban J connectivity index is 2.80. The zero-order valence-corrected chi connectivity index (χ0v) is 13.8. The molecule has 3 N–H and O–H groups in total. The second-order valence-electron chi connectivity index (χ2n) is 4.43. The van der Waals surface area contributed by atoms with Gasteiger partial charge < -0.3 is 16.0 Å². The lowest BCUT2D eigenvalue weighted by Crippen LogP contribution is -2.36. The highest BCUT2D eigenvalue weighted by Crippen LogP contribution is 2.28. The fourth-order valence-corrected chi connectivity index (χ4v) is 2.45. The summed E-state index contributed by atoms with van der Waals surface area (Å²) in [7, 11) is 3.87. The molecule has 0 radical (unpaired) electrons. The summed E-state index contributed by atoms with van der Waals surface area (Å²) < 4.78 is 0.922. The van der Waals surface area contributed by atoms with Crippen LogP contribution in [0.5, 0.6) is 0 Å². The number of rotatable bonds is 6. The van der Waals surface area contributed by atoms with Crippen LogP contribution in [0.4, 0.5) is 11.4 Å². The largest absolute Gasteiger partial charge is 0.376 e. The van der Waals surface area contributed by atoms with E-state index >= 15 is 0 Å². The molecule has 0 spiro atoms. The molecular weight excluding hydrogens is 326 g/mol. The SMILES string of the molecule is CSCC[C@H](N)C(=O)Nc1cc(Br)ccc1N(C)C. The molecule has 1 atom stereocenters. The predicted molar refractivity (Wildman–Crippen MR) is 88.1 cm³/mol. The minimum absolute atomic E-state index is 0.143. The van der Waals surface area contributed by atoms with Gasteiger partial charge in [0.05, 0.1) is 17.4 Å². The first-order valence-electron chi connectivity index (χ1n) is 5.98. The Labute approximate surface area is 127 Å². The molecule has 0 saturated heterocycles. The average Bonchev–Trinajstić information content (AvgIpc) is 2.35. The molecule has 0 heterocycles. The van der Waals surface area contributed by atoms with Crippen LogP contribution < -0.4 is 16.0 Å². The molecule has 1 amide bonds. The van der Waals surface area contributed by atoms with Gasteiger partial charge in [-0.05, 0) is 36.6 Å². The molecule has 0 fully saturated rings. The van der Waals surface area contributed by atoms with Gasteiger partial charge >= 0.3 is 0 Å². The predicted octanol–water partition coefficient (Wildman–Crippen LogP) is 2.53. The number of benzene rings is 1. The molecule has 1 aromatic rings. The monoisotopic (exact) mass is 345 g/mol. The summed E-state index contributed by atoms with van der Waals surface area (Å²) in [6, 6.07) is 5.31. The number of halogens is 1. The van der Waals surface area contributed by atoms with E-state index in [1.807, 2.05) is 43.5 Å². The first kappa shape index (κ1) is 16.3. The Bertz CT molecular complexity index is 440. The van der Waals surface area contributed by atoms with Crippen LogP contribution in [0.15, 0.2) is 22.7 Å².